The van der Waals surface area contributed by atoms with Crippen LogP contribution in [0.2, 0.25) is 5.02 Å². The number of para-hydroxylation sites is 1. The summed E-state index contributed by atoms with van der Waals surface area (Å²) in [7, 11) is 0. The fourth-order valence-corrected chi connectivity index (χ4v) is 4.86. The third kappa shape index (κ3) is 6.91. The number of likely N-dealkylation sites (tertiary alicyclic amines) is 1. The van der Waals surface area contributed by atoms with Crippen LogP contribution < -0.4 is 5.32 Å². The van der Waals surface area contributed by atoms with Crippen molar-refractivity contribution in [3.63, 3.8) is 0 Å². The van der Waals surface area contributed by atoms with Crippen LogP contribution in [-0.4, -0.2) is 62.4 Å². The van der Waals surface area contributed by atoms with Crippen LogP contribution >= 0.6 is 11.6 Å². The molecule has 2 amide bonds. The number of hydrogen-bond acceptors (Lipinski definition) is 6. The Morgan fingerprint density at radius 1 is 1.05 bits per heavy atom. The van der Waals surface area contributed by atoms with E-state index in [1.54, 1.807) is 6.07 Å². The van der Waals surface area contributed by atoms with Gasteiger partial charge < -0.3 is 19.8 Å². The molecule has 2 aliphatic rings. The molecule has 1 aliphatic heterocycles. The van der Waals surface area contributed by atoms with E-state index in [2.05, 4.69) is 20.4 Å². The molecule has 5 rings (SSSR count). The molecule has 0 atom stereocenters. The summed E-state index contributed by atoms with van der Waals surface area (Å²) in [6, 6.07) is 9.88. The fourth-order valence-electron chi connectivity index (χ4n) is 4.59. The Balaban J connectivity index is 0.000000426. The first-order valence-electron chi connectivity index (χ1n) is 12.4. The van der Waals surface area contributed by atoms with Crippen LogP contribution in [0, 0.1) is 0 Å². The molecule has 0 unspecified atom stereocenters. The zero-order valence-electron chi connectivity index (χ0n) is 20.4. The zero-order valence-corrected chi connectivity index (χ0v) is 21.1. The third-order valence-corrected chi connectivity index (χ3v) is 6.96. The molecule has 2 N–H and O–H groups in total. The maximum Gasteiger partial charge on any atom is 0.490 e. The van der Waals surface area contributed by atoms with Gasteiger partial charge in [0.05, 0.1) is 10.5 Å². The predicted octanol–water partition coefficient (Wildman–Crippen LogP) is 5.79. The van der Waals surface area contributed by atoms with E-state index < -0.39 is 12.1 Å². The van der Waals surface area contributed by atoms with Gasteiger partial charge in [0.1, 0.15) is 5.69 Å². The van der Waals surface area contributed by atoms with Crippen LogP contribution in [0.5, 0.6) is 0 Å². The number of fused-ring (bicyclic) bond motifs is 1. The highest BCUT2D eigenvalue weighted by molar-refractivity contribution is 6.35. The summed E-state index contributed by atoms with van der Waals surface area (Å²) in [5.74, 6) is -1.56. The Hall–Kier alpha value is -3.41. The second kappa shape index (κ2) is 12.0. The third-order valence-electron chi connectivity index (χ3n) is 6.64. The molecule has 1 aromatic carbocycles. The predicted molar refractivity (Wildman–Crippen MR) is 133 cm³/mol. The monoisotopic (exact) mass is 553 g/mol. The van der Waals surface area contributed by atoms with Crippen LogP contribution in [0.3, 0.4) is 0 Å². The first-order valence-corrected chi connectivity index (χ1v) is 12.7. The van der Waals surface area contributed by atoms with Gasteiger partial charge in [-0.15, -0.1) is 0 Å². The molecule has 2 fully saturated rings. The molecule has 3 heterocycles. The highest BCUT2D eigenvalue weighted by Gasteiger charge is 2.38. The highest BCUT2D eigenvalue weighted by Crippen LogP contribution is 2.30. The van der Waals surface area contributed by atoms with E-state index in [0.717, 1.165) is 36.6 Å². The van der Waals surface area contributed by atoms with Crippen molar-refractivity contribution in [2.75, 3.05) is 13.1 Å². The topological polar surface area (TPSA) is 121 Å². The Kier molecular flexibility index (Phi) is 8.70. The van der Waals surface area contributed by atoms with Crippen molar-refractivity contribution in [2.24, 2.45) is 0 Å². The molecular weight excluding hydrogens is 527 g/mol. The Bertz CT molecular complexity index is 1270. The van der Waals surface area contributed by atoms with Crippen molar-refractivity contribution >= 4 is 34.5 Å². The summed E-state index contributed by atoms with van der Waals surface area (Å²) < 4.78 is 37.3. The Morgan fingerprint density at radius 3 is 2.37 bits per heavy atom. The lowest BCUT2D eigenvalue weighted by atomic mass is 9.95. The number of carbonyl (C=O) groups is 2. The number of benzene rings is 1. The molecule has 2 aromatic heterocycles. The molecular formula is C25H27ClF3N5O4. The first-order chi connectivity index (χ1) is 18.1. The maximum absolute atomic E-state index is 12.6. The number of halogens is 4. The number of nitrogens with zero attached hydrogens (tertiary/aromatic N) is 4. The van der Waals surface area contributed by atoms with Gasteiger partial charge in [0.15, 0.2) is 0 Å². The minimum absolute atomic E-state index is 0.0616. The fraction of sp³-hybridized carbons (Fsp3) is 0.480. The van der Waals surface area contributed by atoms with Crippen molar-refractivity contribution in [3.8, 4) is 11.5 Å². The number of hydrogen-bond donors (Lipinski definition) is 2. The second-order valence-electron chi connectivity index (χ2n) is 9.31. The van der Waals surface area contributed by atoms with E-state index in [0.29, 0.717) is 41.6 Å². The van der Waals surface area contributed by atoms with Crippen LogP contribution in [0.4, 0.5) is 18.0 Å². The molecule has 9 nitrogen and oxygen atoms in total. The number of rotatable bonds is 3. The number of alkyl halides is 3. The van der Waals surface area contributed by atoms with Crippen LogP contribution in [0.15, 0.2) is 34.9 Å². The van der Waals surface area contributed by atoms with Crippen molar-refractivity contribution < 1.29 is 32.4 Å². The minimum atomic E-state index is -5.08. The lowest BCUT2D eigenvalue weighted by molar-refractivity contribution is -0.192. The van der Waals surface area contributed by atoms with Gasteiger partial charge in [-0.3, -0.25) is 0 Å². The van der Waals surface area contributed by atoms with Crippen LogP contribution in [-0.2, 0) is 4.79 Å². The number of piperidine rings is 1. The van der Waals surface area contributed by atoms with Gasteiger partial charge in [-0.2, -0.15) is 18.2 Å². The summed E-state index contributed by atoms with van der Waals surface area (Å²) in [5.41, 5.74) is 1.40. The molecule has 0 spiro atoms. The molecule has 1 saturated heterocycles. The summed E-state index contributed by atoms with van der Waals surface area (Å²) in [4.78, 5) is 32.6. The van der Waals surface area contributed by atoms with Gasteiger partial charge in [-0.05, 0) is 37.8 Å². The lowest BCUT2D eigenvalue weighted by Crippen LogP contribution is -2.48. The van der Waals surface area contributed by atoms with E-state index in [-0.39, 0.29) is 11.9 Å². The quantitative estimate of drug-likeness (QED) is 0.421. The number of pyridine rings is 1. The molecule has 13 heteroatoms. The van der Waals surface area contributed by atoms with Crippen molar-refractivity contribution in [3.05, 3.63) is 41.2 Å². The molecule has 0 bridgehead atoms. The average Bonchev–Trinajstić information content (AvgIpc) is 3.40. The van der Waals surface area contributed by atoms with Gasteiger partial charge in [-0.25, -0.2) is 14.6 Å². The summed E-state index contributed by atoms with van der Waals surface area (Å²) >= 11 is 6.41. The maximum atomic E-state index is 12.6. The van der Waals surface area contributed by atoms with E-state index in [4.69, 9.17) is 26.0 Å². The molecule has 38 heavy (non-hydrogen) atoms. The van der Waals surface area contributed by atoms with Gasteiger partial charge in [0.25, 0.3) is 0 Å². The van der Waals surface area contributed by atoms with Gasteiger partial charge in [0.2, 0.25) is 11.7 Å². The molecule has 3 aromatic rings. The van der Waals surface area contributed by atoms with Crippen molar-refractivity contribution in [1.29, 1.82) is 0 Å². The van der Waals surface area contributed by atoms with E-state index in [1.807, 2.05) is 29.2 Å². The van der Waals surface area contributed by atoms with Crippen LogP contribution in [0.25, 0.3) is 22.4 Å². The molecule has 1 saturated carbocycles. The van der Waals surface area contributed by atoms with Gasteiger partial charge in [0, 0.05) is 30.4 Å². The van der Waals surface area contributed by atoms with Gasteiger partial charge >= 0.3 is 18.2 Å². The SMILES string of the molecule is O=C(NC1CCCCC1)N1CCC(c2nc(-c3cc(Cl)c4ccccc4n3)no2)CC1.O=C(O)C(F)(F)F. The number of urea groups is 1. The van der Waals surface area contributed by atoms with Crippen LogP contribution in [0.1, 0.15) is 56.8 Å². The van der Waals surface area contributed by atoms with Crippen molar-refractivity contribution in [2.45, 2.75) is 63.1 Å². The number of carboxylic acid groups (broad SMARTS) is 1. The summed E-state index contributed by atoms with van der Waals surface area (Å²) in [5, 5.41) is 16.0. The number of carbonyl (C=O) groups excluding carboxylic acids is 1. The lowest BCUT2D eigenvalue weighted by Gasteiger charge is -2.32. The van der Waals surface area contributed by atoms with Crippen molar-refractivity contribution in [1.82, 2.24) is 25.3 Å². The van der Waals surface area contributed by atoms with Gasteiger partial charge in [-0.1, -0.05) is 54.2 Å². The Labute approximate surface area is 221 Å². The molecule has 0 radical (unpaired) electrons. The number of amides is 2. The van der Waals surface area contributed by atoms with E-state index in [1.165, 1.54) is 19.3 Å². The number of aliphatic carboxylic acids is 1. The highest BCUT2D eigenvalue weighted by atomic mass is 35.5. The van der Waals surface area contributed by atoms with E-state index >= 15 is 0 Å². The molecule has 204 valence electrons. The minimum Gasteiger partial charge on any atom is -0.475 e. The summed E-state index contributed by atoms with van der Waals surface area (Å²) in [6.07, 6.45) is 2.44. The average molecular weight is 554 g/mol. The van der Waals surface area contributed by atoms with E-state index in [9.17, 15) is 18.0 Å². The number of carboxylic acids is 1. The first kappa shape index (κ1) is 27.6. The second-order valence-corrected chi connectivity index (χ2v) is 9.72. The normalized spacial score (nSPS) is 17.1. The number of nitrogens with one attached hydrogen (secondary N) is 1. The summed E-state index contributed by atoms with van der Waals surface area (Å²) in [6.45, 7) is 1.39. The zero-order chi connectivity index (χ0) is 27.3. The Morgan fingerprint density at radius 2 is 1.71 bits per heavy atom. The standard InChI is InChI=1S/C23H26ClN5O2.C2HF3O2/c24-18-14-20(26-19-9-5-4-8-17(18)19)21-27-22(31-28-21)15-10-12-29(13-11-15)23(30)25-16-6-2-1-3-7-16;3-2(4,5)1(6)7/h4-5,8-9,14-16H,1-3,6-7,10-13H2,(H,25,30);(H,6,7). The number of aromatic nitrogens is 3. The largest absolute Gasteiger partial charge is 0.490 e. The molecule has 1 aliphatic carbocycles. The smallest absolute Gasteiger partial charge is 0.475 e.